The Hall–Kier alpha value is -1.95. The van der Waals surface area contributed by atoms with E-state index in [1.165, 1.54) is 24.3 Å². The average Bonchev–Trinajstić information content (AvgIpc) is 2.27. The molecule has 2 amide bonds. The SMILES string of the molecule is NC(=O)CCNCC(=O)Nc1ccc(F)cc1. The van der Waals surface area contributed by atoms with Crippen molar-refractivity contribution >= 4 is 17.5 Å². The van der Waals surface area contributed by atoms with Crippen LogP contribution in [0, 0.1) is 5.82 Å². The van der Waals surface area contributed by atoms with Crippen LogP contribution < -0.4 is 16.4 Å². The number of anilines is 1. The van der Waals surface area contributed by atoms with Gasteiger partial charge in [0.25, 0.3) is 0 Å². The summed E-state index contributed by atoms with van der Waals surface area (Å²) in [7, 11) is 0. The van der Waals surface area contributed by atoms with Crippen molar-refractivity contribution in [3.05, 3.63) is 30.1 Å². The van der Waals surface area contributed by atoms with Crippen molar-refractivity contribution in [2.24, 2.45) is 5.73 Å². The number of carbonyl (C=O) groups is 2. The van der Waals surface area contributed by atoms with Crippen molar-refractivity contribution in [3.8, 4) is 0 Å². The number of amides is 2. The molecule has 1 aromatic carbocycles. The maximum atomic E-state index is 12.6. The van der Waals surface area contributed by atoms with Crippen LogP contribution >= 0.6 is 0 Å². The summed E-state index contributed by atoms with van der Waals surface area (Å²) in [5.74, 6) is -1.04. The molecule has 0 bridgehead atoms. The van der Waals surface area contributed by atoms with Gasteiger partial charge in [-0.2, -0.15) is 0 Å². The number of primary amides is 1. The van der Waals surface area contributed by atoms with Crippen LogP contribution in [0.2, 0.25) is 0 Å². The Morgan fingerprint density at radius 3 is 2.47 bits per heavy atom. The Morgan fingerprint density at radius 1 is 1.24 bits per heavy atom. The van der Waals surface area contributed by atoms with Gasteiger partial charge < -0.3 is 16.4 Å². The summed E-state index contributed by atoms with van der Waals surface area (Å²) in [5.41, 5.74) is 5.45. The first-order valence-corrected chi connectivity index (χ1v) is 5.12. The van der Waals surface area contributed by atoms with Crippen LogP contribution in [-0.4, -0.2) is 24.9 Å². The quantitative estimate of drug-likeness (QED) is 0.621. The van der Waals surface area contributed by atoms with Gasteiger partial charge in [0, 0.05) is 18.7 Å². The van der Waals surface area contributed by atoms with E-state index in [-0.39, 0.29) is 24.7 Å². The third-order valence-corrected chi connectivity index (χ3v) is 1.96. The predicted octanol–water partition coefficient (Wildman–Crippen LogP) is 0.229. The van der Waals surface area contributed by atoms with E-state index >= 15 is 0 Å². The second kappa shape index (κ2) is 6.59. The van der Waals surface area contributed by atoms with Gasteiger partial charge in [0.05, 0.1) is 6.54 Å². The molecule has 4 N–H and O–H groups in total. The van der Waals surface area contributed by atoms with Crippen LogP contribution in [0.5, 0.6) is 0 Å². The zero-order valence-electron chi connectivity index (χ0n) is 9.20. The van der Waals surface area contributed by atoms with Gasteiger partial charge in [-0.15, -0.1) is 0 Å². The van der Waals surface area contributed by atoms with Gasteiger partial charge in [-0.3, -0.25) is 9.59 Å². The monoisotopic (exact) mass is 239 g/mol. The van der Waals surface area contributed by atoms with E-state index in [2.05, 4.69) is 10.6 Å². The highest BCUT2D eigenvalue weighted by Gasteiger charge is 2.02. The zero-order chi connectivity index (χ0) is 12.7. The molecule has 6 heteroatoms. The molecule has 0 heterocycles. The first-order chi connectivity index (χ1) is 8.08. The Bertz CT molecular complexity index is 392. The van der Waals surface area contributed by atoms with Crippen molar-refractivity contribution in [2.75, 3.05) is 18.4 Å². The van der Waals surface area contributed by atoms with E-state index in [4.69, 9.17) is 5.73 Å². The standard InChI is InChI=1S/C11H14FN3O2/c12-8-1-3-9(4-2-8)15-11(17)7-14-6-5-10(13)16/h1-4,14H,5-7H2,(H2,13,16)(H,15,17). The molecule has 1 aromatic rings. The van der Waals surface area contributed by atoms with E-state index in [1.807, 2.05) is 0 Å². The van der Waals surface area contributed by atoms with Crippen molar-refractivity contribution in [1.82, 2.24) is 5.32 Å². The number of hydrogen-bond donors (Lipinski definition) is 3. The average molecular weight is 239 g/mol. The molecule has 5 nitrogen and oxygen atoms in total. The van der Waals surface area contributed by atoms with Crippen LogP contribution in [0.3, 0.4) is 0 Å². The molecule has 0 atom stereocenters. The number of rotatable bonds is 6. The summed E-state index contributed by atoms with van der Waals surface area (Å²) < 4.78 is 12.6. The second-order valence-electron chi connectivity index (χ2n) is 3.45. The van der Waals surface area contributed by atoms with Crippen molar-refractivity contribution in [3.63, 3.8) is 0 Å². The molecular weight excluding hydrogens is 225 g/mol. The number of halogens is 1. The molecule has 0 saturated carbocycles. The van der Waals surface area contributed by atoms with E-state index in [1.54, 1.807) is 0 Å². The lowest BCUT2D eigenvalue weighted by Gasteiger charge is -2.05. The topological polar surface area (TPSA) is 84.2 Å². The maximum Gasteiger partial charge on any atom is 0.238 e. The Balaban J connectivity index is 2.25. The molecule has 0 aliphatic rings. The third-order valence-electron chi connectivity index (χ3n) is 1.96. The lowest BCUT2D eigenvalue weighted by atomic mass is 10.3. The molecule has 0 fully saturated rings. The normalized spacial score (nSPS) is 9.94. The van der Waals surface area contributed by atoms with Crippen LogP contribution in [-0.2, 0) is 9.59 Å². The van der Waals surface area contributed by atoms with Gasteiger partial charge in [-0.1, -0.05) is 0 Å². The summed E-state index contributed by atoms with van der Waals surface area (Å²) in [6.07, 6.45) is 0.184. The predicted molar refractivity (Wildman–Crippen MR) is 61.7 cm³/mol. The molecule has 0 saturated heterocycles. The Labute approximate surface area is 98.2 Å². The first-order valence-electron chi connectivity index (χ1n) is 5.12. The van der Waals surface area contributed by atoms with Crippen LogP contribution in [0.15, 0.2) is 24.3 Å². The van der Waals surface area contributed by atoms with Crippen LogP contribution in [0.1, 0.15) is 6.42 Å². The number of carbonyl (C=O) groups excluding carboxylic acids is 2. The van der Waals surface area contributed by atoms with Gasteiger partial charge in [0.1, 0.15) is 5.82 Å². The van der Waals surface area contributed by atoms with Gasteiger partial charge in [-0.05, 0) is 24.3 Å². The lowest BCUT2D eigenvalue weighted by molar-refractivity contribution is -0.118. The molecule has 0 radical (unpaired) electrons. The lowest BCUT2D eigenvalue weighted by Crippen LogP contribution is -2.30. The van der Waals surface area contributed by atoms with E-state index in [0.717, 1.165) is 0 Å². The minimum Gasteiger partial charge on any atom is -0.370 e. The largest absolute Gasteiger partial charge is 0.370 e. The molecule has 17 heavy (non-hydrogen) atoms. The maximum absolute atomic E-state index is 12.6. The molecular formula is C11H14FN3O2. The van der Waals surface area contributed by atoms with Gasteiger partial charge in [0.2, 0.25) is 11.8 Å². The third kappa shape index (κ3) is 5.62. The fourth-order valence-electron chi connectivity index (χ4n) is 1.15. The van der Waals surface area contributed by atoms with E-state index < -0.39 is 5.91 Å². The number of nitrogens with two attached hydrogens (primary N) is 1. The molecule has 92 valence electrons. The highest BCUT2D eigenvalue weighted by atomic mass is 19.1. The zero-order valence-corrected chi connectivity index (χ0v) is 9.20. The number of benzene rings is 1. The van der Waals surface area contributed by atoms with Crippen LogP contribution in [0.25, 0.3) is 0 Å². The van der Waals surface area contributed by atoms with Gasteiger partial charge in [-0.25, -0.2) is 4.39 Å². The smallest absolute Gasteiger partial charge is 0.238 e. The molecule has 1 rings (SSSR count). The Morgan fingerprint density at radius 2 is 1.88 bits per heavy atom. The van der Waals surface area contributed by atoms with Gasteiger partial charge >= 0.3 is 0 Å². The number of nitrogens with one attached hydrogen (secondary N) is 2. The number of hydrogen-bond acceptors (Lipinski definition) is 3. The van der Waals surface area contributed by atoms with E-state index in [0.29, 0.717) is 12.2 Å². The minimum atomic E-state index is -0.420. The summed E-state index contributed by atoms with van der Waals surface area (Å²) in [4.78, 5) is 21.8. The van der Waals surface area contributed by atoms with Crippen molar-refractivity contribution in [2.45, 2.75) is 6.42 Å². The van der Waals surface area contributed by atoms with Gasteiger partial charge in [0.15, 0.2) is 0 Å². The fraction of sp³-hybridized carbons (Fsp3) is 0.273. The van der Waals surface area contributed by atoms with Crippen molar-refractivity contribution < 1.29 is 14.0 Å². The highest BCUT2D eigenvalue weighted by Crippen LogP contribution is 2.07. The molecule has 0 aliphatic carbocycles. The Kier molecular flexibility index (Phi) is 5.09. The first kappa shape index (κ1) is 13.1. The molecule has 0 aliphatic heterocycles. The highest BCUT2D eigenvalue weighted by molar-refractivity contribution is 5.92. The molecule has 0 spiro atoms. The van der Waals surface area contributed by atoms with Crippen molar-refractivity contribution in [1.29, 1.82) is 0 Å². The second-order valence-corrected chi connectivity index (χ2v) is 3.45. The molecule has 0 unspecified atom stereocenters. The summed E-state index contributed by atoms with van der Waals surface area (Å²) in [6.45, 7) is 0.427. The van der Waals surface area contributed by atoms with Crippen LogP contribution in [0.4, 0.5) is 10.1 Å². The summed E-state index contributed by atoms with van der Waals surface area (Å²) >= 11 is 0. The minimum absolute atomic E-state index is 0.0741. The fourth-order valence-corrected chi connectivity index (χ4v) is 1.15. The van der Waals surface area contributed by atoms with E-state index in [9.17, 15) is 14.0 Å². The summed E-state index contributed by atoms with van der Waals surface area (Å²) in [5, 5.41) is 5.33. The molecule has 0 aromatic heterocycles. The summed E-state index contributed by atoms with van der Waals surface area (Å²) in [6, 6.07) is 5.46.